The van der Waals surface area contributed by atoms with Crippen LogP contribution in [-0.4, -0.2) is 10.1 Å². The third kappa shape index (κ3) is 2.76. The van der Waals surface area contributed by atoms with Crippen molar-refractivity contribution in [1.82, 2.24) is 4.98 Å². The SMILES string of the molecule is CC1(C)Cc2nc3c(ccc4ccccc43)c(-c3ccccc3Br)c2C(O)C1. The molecule has 1 heterocycles. The highest BCUT2D eigenvalue weighted by Crippen LogP contribution is 2.48. The number of hydrogen-bond donors (Lipinski definition) is 1. The Morgan fingerprint density at radius 1 is 0.964 bits per heavy atom. The van der Waals surface area contributed by atoms with Gasteiger partial charge in [-0.2, -0.15) is 0 Å². The molecule has 28 heavy (non-hydrogen) atoms. The number of pyridine rings is 1. The summed E-state index contributed by atoms with van der Waals surface area (Å²) in [4.78, 5) is 5.13. The van der Waals surface area contributed by atoms with Gasteiger partial charge in [0.05, 0.1) is 11.6 Å². The predicted octanol–water partition coefficient (Wildman–Crippen LogP) is 6.82. The van der Waals surface area contributed by atoms with E-state index >= 15 is 0 Å². The van der Waals surface area contributed by atoms with Gasteiger partial charge >= 0.3 is 0 Å². The molecule has 0 spiro atoms. The summed E-state index contributed by atoms with van der Waals surface area (Å²) in [6.07, 6.45) is 1.11. The first-order chi connectivity index (χ1) is 13.4. The van der Waals surface area contributed by atoms with Crippen LogP contribution < -0.4 is 0 Å². The second kappa shape index (κ2) is 6.40. The van der Waals surface area contributed by atoms with Gasteiger partial charge in [0, 0.05) is 26.5 Å². The van der Waals surface area contributed by atoms with Crippen LogP contribution in [0.4, 0.5) is 0 Å². The van der Waals surface area contributed by atoms with Gasteiger partial charge in [-0.3, -0.25) is 4.98 Å². The normalized spacial score (nSPS) is 18.4. The van der Waals surface area contributed by atoms with E-state index in [1.165, 1.54) is 5.39 Å². The molecule has 0 fully saturated rings. The summed E-state index contributed by atoms with van der Waals surface area (Å²) in [6.45, 7) is 4.43. The first kappa shape index (κ1) is 17.8. The maximum atomic E-state index is 11.1. The second-order valence-corrected chi connectivity index (χ2v) is 9.43. The van der Waals surface area contributed by atoms with Gasteiger partial charge in [-0.25, -0.2) is 0 Å². The quantitative estimate of drug-likeness (QED) is 0.335. The van der Waals surface area contributed by atoms with Crippen molar-refractivity contribution >= 4 is 37.6 Å². The van der Waals surface area contributed by atoms with Crippen LogP contribution in [0.1, 0.15) is 37.6 Å². The van der Waals surface area contributed by atoms with E-state index in [4.69, 9.17) is 4.98 Å². The van der Waals surface area contributed by atoms with Crippen LogP contribution in [0.25, 0.3) is 32.8 Å². The van der Waals surface area contributed by atoms with Gasteiger partial charge in [-0.05, 0) is 40.8 Å². The number of benzene rings is 3. The van der Waals surface area contributed by atoms with Crippen LogP contribution >= 0.6 is 15.9 Å². The van der Waals surface area contributed by atoms with E-state index in [-0.39, 0.29) is 5.41 Å². The molecule has 1 aliphatic rings. The van der Waals surface area contributed by atoms with E-state index in [2.05, 4.69) is 84.4 Å². The van der Waals surface area contributed by atoms with Crippen molar-refractivity contribution in [3.8, 4) is 11.1 Å². The summed E-state index contributed by atoms with van der Waals surface area (Å²) in [7, 11) is 0. The Hall–Kier alpha value is -2.23. The number of rotatable bonds is 1. The largest absolute Gasteiger partial charge is 0.388 e. The first-order valence-corrected chi connectivity index (χ1v) is 10.5. The fraction of sp³-hybridized carbons (Fsp3) is 0.240. The van der Waals surface area contributed by atoms with Crippen molar-refractivity contribution in [2.75, 3.05) is 0 Å². The standard InChI is InChI=1S/C25H22BrNO/c1-25(2)13-20-23(21(28)14-25)22(17-9-5-6-10-19(17)26)18-12-11-15-7-3-4-8-16(15)24(18)27-20/h3-12,21,28H,13-14H2,1-2H3. The Balaban J connectivity index is 1.97. The summed E-state index contributed by atoms with van der Waals surface area (Å²) < 4.78 is 1.04. The number of nitrogens with zero attached hydrogens (tertiary/aromatic N) is 1. The molecule has 0 saturated heterocycles. The van der Waals surface area contributed by atoms with Crippen molar-refractivity contribution in [3.63, 3.8) is 0 Å². The van der Waals surface area contributed by atoms with Gasteiger partial charge in [0.25, 0.3) is 0 Å². The second-order valence-electron chi connectivity index (χ2n) is 8.57. The molecule has 4 aromatic rings. The fourth-order valence-electron chi connectivity index (χ4n) is 4.66. The Morgan fingerprint density at radius 3 is 2.54 bits per heavy atom. The molecule has 0 amide bonds. The van der Waals surface area contributed by atoms with Gasteiger partial charge < -0.3 is 5.11 Å². The molecule has 140 valence electrons. The lowest BCUT2D eigenvalue weighted by Crippen LogP contribution is -2.27. The molecule has 0 saturated carbocycles. The lowest BCUT2D eigenvalue weighted by molar-refractivity contribution is 0.0990. The molecule has 1 N–H and O–H groups in total. The lowest BCUT2D eigenvalue weighted by Gasteiger charge is -2.36. The highest BCUT2D eigenvalue weighted by atomic mass is 79.9. The van der Waals surface area contributed by atoms with Crippen LogP contribution in [0, 0.1) is 5.41 Å². The molecule has 0 bridgehead atoms. The minimum Gasteiger partial charge on any atom is -0.388 e. The summed E-state index contributed by atoms with van der Waals surface area (Å²) in [5.41, 5.74) is 5.30. The van der Waals surface area contributed by atoms with E-state index in [1.807, 2.05) is 6.07 Å². The van der Waals surface area contributed by atoms with E-state index in [9.17, 15) is 5.11 Å². The zero-order valence-corrected chi connectivity index (χ0v) is 17.6. The minimum absolute atomic E-state index is 0.0306. The maximum Gasteiger partial charge on any atom is 0.0819 e. The average Bonchev–Trinajstić information content (AvgIpc) is 2.66. The highest BCUT2D eigenvalue weighted by molar-refractivity contribution is 9.10. The Labute approximate surface area is 173 Å². The Bertz CT molecular complexity index is 1230. The van der Waals surface area contributed by atoms with E-state index in [1.54, 1.807) is 0 Å². The van der Waals surface area contributed by atoms with Gasteiger partial charge in [0.1, 0.15) is 0 Å². The molecule has 1 aliphatic carbocycles. The van der Waals surface area contributed by atoms with Crippen LogP contribution in [0.2, 0.25) is 0 Å². The lowest BCUT2D eigenvalue weighted by atomic mass is 9.72. The highest BCUT2D eigenvalue weighted by Gasteiger charge is 2.35. The molecular weight excluding hydrogens is 410 g/mol. The number of aliphatic hydroxyl groups excluding tert-OH is 1. The van der Waals surface area contributed by atoms with Crippen molar-refractivity contribution in [2.24, 2.45) is 5.41 Å². The summed E-state index contributed by atoms with van der Waals surface area (Å²) >= 11 is 3.74. The predicted molar refractivity (Wildman–Crippen MR) is 119 cm³/mol. The molecular formula is C25H22BrNO. The Kier molecular flexibility index (Phi) is 4.08. The molecule has 1 unspecified atom stereocenters. The molecule has 5 rings (SSSR count). The van der Waals surface area contributed by atoms with Crippen LogP contribution in [-0.2, 0) is 6.42 Å². The van der Waals surface area contributed by atoms with Gasteiger partial charge in [-0.15, -0.1) is 0 Å². The van der Waals surface area contributed by atoms with Gasteiger partial charge in [0.15, 0.2) is 0 Å². The van der Waals surface area contributed by atoms with Crippen molar-refractivity contribution < 1.29 is 5.11 Å². The fourth-order valence-corrected chi connectivity index (χ4v) is 5.14. The van der Waals surface area contributed by atoms with Crippen LogP contribution in [0.5, 0.6) is 0 Å². The minimum atomic E-state index is -0.510. The van der Waals surface area contributed by atoms with Crippen molar-refractivity contribution in [3.05, 3.63) is 76.4 Å². The average molecular weight is 432 g/mol. The summed E-state index contributed by atoms with van der Waals surface area (Å²) in [6, 6.07) is 21.0. The van der Waals surface area contributed by atoms with Gasteiger partial charge in [0.2, 0.25) is 0 Å². The maximum absolute atomic E-state index is 11.1. The number of halogens is 1. The number of fused-ring (bicyclic) bond motifs is 4. The molecule has 3 heteroatoms. The molecule has 3 aromatic carbocycles. The molecule has 1 aromatic heterocycles. The molecule has 1 atom stereocenters. The summed E-state index contributed by atoms with van der Waals surface area (Å²) in [5, 5.41) is 14.6. The number of aliphatic hydroxyl groups is 1. The zero-order valence-electron chi connectivity index (χ0n) is 16.0. The third-order valence-corrected chi connectivity index (χ3v) is 6.56. The summed E-state index contributed by atoms with van der Waals surface area (Å²) in [5.74, 6) is 0. The topological polar surface area (TPSA) is 33.1 Å². The molecule has 0 radical (unpaired) electrons. The van der Waals surface area contributed by atoms with Gasteiger partial charge in [-0.1, -0.05) is 84.4 Å². The van der Waals surface area contributed by atoms with Crippen LogP contribution in [0.15, 0.2) is 65.1 Å². The molecule has 0 aliphatic heterocycles. The smallest absolute Gasteiger partial charge is 0.0819 e. The van der Waals surface area contributed by atoms with E-state index in [0.29, 0.717) is 0 Å². The zero-order chi connectivity index (χ0) is 19.5. The Morgan fingerprint density at radius 2 is 1.71 bits per heavy atom. The van der Waals surface area contributed by atoms with E-state index < -0.39 is 6.10 Å². The monoisotopic (exact) mass is 431 g/mol. The molecule has 2 nitrogen and oxygen atoms in total. The first-order valence-electron chi connectivity index (χ1n) is 9.72. The van der Waals surface area contributed by atoms with Crippen LogP contribution in [0.3, 0.4) is 0 Å². The number of hydrogen-bond acceptors (Lipinski definition) is 2. The van der Waals surface area contributed by atoms with Crippen molar-refractivity contribution in [1.29, 1.82) is 0 Å². The third-order valence-electron chi connectivity index (χ3n) is 5.87. The van der Waals surface area contributed by atoms with Crippen molar-refractivity contribution in [2.45, 2.75) is 32.8 Å². The van der Waals surface area contributed by atoms with E-state index in [0.717, 1.165) is 56.0 Å². The number of aromatic nitrogens is 1.